The number of nitrogens with zero attached hydrogens (tertiary/aromatic N) is 1. The Morgan fingerprint density at radius 3 is 2.57 bits per heavy atom. The van der Waals surface area contributed by atoms with Crippen LogP contribution in [0.4, 0.5) is 9.18 Å². The summed E-state index contributed by atoms with van der Waals surface area (Å²) in [5, 5.41) is 0. The van der Waals surface area contributed by atoms with E-state index in [-0.39, 0.29) is 11.9 Å². The Hall–Kier alpha value is -1.58. The molecule has 0 aliphatic carbocycles. The van der Waals surface area contributed by atoms with Gasteiger partial charge in [-0.25, -0.2) is 9.18 Å². The van der Waals surface area contributed by atoms with Crippen LogP contribution in [-0.4, -0.2) is 29.7 Å². The maximum atomic E-state index is 12.9. The van der Waals surface area contributed by atoms with Gasteiger partial charge in [0.15, 0.2) is 0 Å². The summed E-state index contributed by atoms with van der Waals surface area (Å²) in [5.41, 5.74) is 0.741. The van der Waals surface area contributed by atoms with Crippen molar-refractivity contribution in [2.75, 3.05) is 13.1 Å². The maximum absolute atomic E-state index is 12.9. The summed E-state index contributed by atoms with van der Waals surface area (Å²) in [6.07, 6.45) is 5.04. The fraction of sp³-hybridized carbons (Fsp3) is 0.632. The summed E-state index contributed by atoms with van der Waals surface area (Å²) in [5.74, 6) is 0.434. The van der Waals surface area contributed by atoms with E-state index in [0.29, 0.717) is 5.92 Å². The van der Waals surface area contributed by atoms with Gasteiger partial charge >= 0.3 is 6.09 Å². The lowest BCUT2D eigenvalue weighted by molar-refractivity contribution is 0.0255. The SMILES string of the molecule is CC(C)(C)OC(=O)N1CCCC(CCc2ccc(F)cc2)CC1. The first-order valence-corrected chi connectivity index (χ1v) is 8.56. The molecule has 1 aromatic carbocycles. The van der Waals surface area contributed by atoms with Crippen molar-refractivity contribution in [3.63, 3.8) is 0 Å². The van der Waals surface area contributed by atoms with Gasteiger partial charge < -0.3 is 9.64 Å². The zero-order valence-electron chi connectivity index (χ0n) is 14.5. The lowest BCUT2D eigenvalue weighted by Crippen LogP contribution is -2.37. The van der Waals surface area contributed by atoms with E-state index in [0.717, 1.165) is 45.2 Å². The Morgan fingerprint density at radius 2 is 1.91 bits per heavy atom. The van der Waals surface area contributed by atoms with Crippen LogP contribution in [0.1, 0.15) is 52.0 Å². The Labute approximate surface area is 138 Å². The highest BCUT2D eigenvalue weighted by atomic mass is 19.1. The predicted molar refractivity (Wildman–Crippen MR) is 89.9 cm³/mol. The van der Waals surface area contributed by atoms with Gasteiger partial charge in [-0.2, -0.15) is 0 Å². The van der Waals surface area contributed by atoms with Crippen LogP contribution in [0, 0.1) is 11.7 Å². The van der Waals surface area contributed by atoms with Gasteiger partial charge in [0.1, 0.15) is 11.4 Å². The number of carbonyl (C=O) groups excluding carboxylic acids is 1. The maximum Gasteiger partial charge on any atom is 0.410 e. The number of carbonyl (C=O) groups is 1. The second-order valence-electron chi connectivity index (χ2n) is 7.43. The number of ether oxygens (including phenoxy) is 1. The molecule has 1 aliphatic rings. The van der Waals surface area contributed by atoms with E-state index in [1.165, 1.54) is 17.7 Å². The van der Waals surface area contributed by atoms with Gasteiger partial charge in [-0.05, 0) is 76.5 Å². The first-order chi connectivity index (χ1) is 10.8. The monoisotopic (exact) mass is 321 g/mol. The minimum absolute atomic E-state index is 0.184. The van der Waals surface area contributed by atoms with Crippen molar-refractivity contribution in [3.8, 4) is 0 Å². The van der Waals surface area contributed by atoms with Crippen LogP contribution in [0.2, 0.25) is 0 Å². The third kappa shape index (κ3) is 6.20. The smallest absolute Gasteiger partial charge is 0.410 e. The third-order valence-electron chi connectivity index (χ3n) is 4.25. The number of amides is 1. The Bertz CT molecular complexity index is 507. The van der Waals surface area contributed by atoms with Crippen molar-refractivity contribution < 1.29 is 13.9 Å². The quantitative estimate of drug-likeness (QED) is 0.800. The van der Waals surface area contributed by atoms with Gasteiger partial charge in [0.2, 0.25) is 0 Å². The van der Waals surface area contributed by atoms with Gasteiger partial charge in [-0.1, -0.05) is 12.1 Å². The average Bonchev–Trinajstić information content (AvgIpc) is 2.70. The highest BCUT2D eigenvalue weighted by Gasteiger charge is 2.25. The van der Waals surface area contributed by atoms with Crippen LogP contribution < -0.4 is 0 Å². The van der Waals surface area contributed by atoms with Crippen LogP contribution in [0.5, 0.6) is 0 Å². The molecule has 1 aliphatic heterocycles. The van der Waals surface area contributed by atoms with Crippen LogP contribution in [0.25, 0.3) is 0 Å². The molecule has 1 heterocycles. The first kappa shape index (κ1) is 17.8. The Morgan fingerprint density at radius 1 is 1.22 bits per heavy atom. The first-order valence-electron chi connectivity index (χ1n) is 8.56. The average molecular weight is 321 g/mol. The molecule has 1 aromatic rings. The lowest BCUT2D eigenvalue weighted by atomic mass is 9.93. The molecule has 3 nitrogen and oxygen atoms in total. The molecule has 2 rings (SSSR count). The second-order valence-corrected chi connectivity index (χ2v) is 7.43. The van der Waals surface area contributed by atoms with Crippen molar-refractivity contribution in [1.82, 2.24) is 4.90 Å². The molecule has 0 spiro atoms. The number of hydrogen-bond donors (Lipinski definition) is 0. The van der Waals surface area contributed by atoms with Gasteiger partial charge in [-0.3, -0.25) is 0 Å². The summed E-state index contributed by atoms with van der Waals surface area (Å²) in [4.78, 5) is 14.0. The largest absolute Gasteiger partial charge is 0.444 e. The number of benzene rings is 1. The summed E-state index contributed by atoms with van der Waals surface area (Å²) in [6, 6.07) is 6.76. The van der Waals surface area contributed by atoms with Crippen molar-refractivity contribution in [1.29, 1.82) is 0 Å². The standard InChI is InChI=1S/C19H28FNO2/c1-19(2,3)23-18(22)21-13-4-5-15(12-14-21)6-7-16-8-10-17(20)11-9-16/h8-11,15H,4-7,12-14H2,1-3H3. The topological polar surface area (TPSA) is 29.5 Å². The van der Waals surface area contributed by atoms with E-state index in [9.17, 15) is 9.18 Å². The van der Waals surface area contributed by atoms with Crippen LogP contribution in [-0.2, 0) is 11.2 Å². The van der Waals surface area contributed by atoms with Crippen molar-refractivity contribution >= 4 is 6.09 Å². The number of hydrogen-bond acceptors (Lipinski definition) is 2. The molecule has 0 N–H and O–H groups in total. The molecule has 1 saturated heterocycles. The fourth-order valence-corrected chi connectivity index (χ4v) is 2.98. The Kier molecular flexibility index (Phi) is 6.03. The predicted octanol–water partition coefficient (Wildman–Crippen LogP) is 4.80. The zero-order chi connectivity index (χ0) is 16.9. The zero-order valence-corrected chi connectivity index (χ0v) is 14.5. The molecular formula is C19H28FNO2. The van der Waals surface area contributed by atoms with E-state index in [2.05, 4.69) is 0 Å². The molecule has 0 radical (unpaired) electrons. The summed E-state index contributed by atoms with van der Waals surface area (Å²) < 4.78 is 18.4. The summed E-state index contributed by atoms with van der Waals surface area (Å²) >= 11 is 0. The van der Waals surface area contributed by atoms with Gasteiger partial charge in [-0.15, -0.1) is 0 Å². The normalized spacial score (nSPS) is 19.3. The van der Waals surface area contributed by atoms with Crippen LogP contribution in [0.3, 0.4) is 0 Å². The molecule has 0 bridgehead atoms. The molecule has 1 fully saturated rings. The molecule has 1 amide bonds. The van der Waals surface area contributed by atoms with Gasteiger partial charge in [0.25, 0.3) is 0 Å². The minimum atomic E-state index is -0.439. The van der Waals surface area contributed by atoms with E-state index in [1.807, 2.05) is 37.8 Å². The number of likely N-dealkylation sites (tertiary alicyclic amines) is 1. The minimum Gasteiger partial charge on any atom is -0.444 e. The van der Waals surface area contributed by atoms with Gasteiger partial charge in [0, 0.05) is 13.1 Å². The van der Waals surface area contributed by atoms with E-state index < -0.39 is 5.60 Å². The third-order valence-corrected chi connectivity index (χ3v) is 4.25. The summed E-state index contributed by atoms with van der Waals surface area (Å²) in [7, 11) is 0. The molecule has 4 heteroatoms. The van der Waals surface area contributed by atoms with Crippen LogP contribution in [0.15, 0.2) is 24.3 Å². The number of aryl methyl sites for hydroxylation is 1. The Balaban J connectivity index is 1.79. The van der Waals surface area contributed by atoms with Gasteiger partial charge in [0.05, 0.1) is 0 Å². The fourth-order valence-electron chi connectivity index (χ4n) is 2.98. The van der Waals surface area contributed by atoms with E-state index in [4.69, 9.17) is 4.74 Å². The van der Waals surface area contributed by atoms with Crippen LogP contribution >= 0.6 is 0 Å². The molecule has 1 atom stereocenters. The second kappa shape index (κ2) is 7.80. The van der Waals surface area contributed by atoms with Crippen molar-refractivity contribution in [3.05, 3.63) is 35.6 Å². The molecule has 23 heavy (non-hydrogen) atoms. The van der Waals surface area contributed by atoms with E-state index >= 15 is 0 Å². The number of rotatable bonds is 3. The lowest BCUT2D eigenvalue weighted by Gasteiger charge is -2.26. The molecule has 1 unspecified atom stereocenters. The van der Waals surface area contributed by atoms with Crippen molar-refractivity contribution in [2.45, 2.75) is 58.5 Å². The molecular weight excluding hydrogens is 293 g/mol. The number of halogens is 1. The summed E-state index contributed by atoms with van der Waals surface area (Å²) in [6.45, 7) is 7.24. The highest BCUT2D eigenvalue weighted by Crippen LogP contribution is 2.23. The van der Waals surface area contributed by atoms with Crippen molar-refractivity contribution in [2.24, 2.45) is 5.92 Å². The highest BCUT2D eigenvalue weighted by molar-refractivity contribution is 5.68. The molecule has 128 valence electrons. The molecule has 0 saturated carbocycles. The van der Waals surface area contributed by atoms with E-state index in [1.54, 1.807) is 0 Å². The molecule has 0 aromatic heterocycles.